The molecule has 0 saturated carbocycles. The van der Waals surface area contributed by atoms with Crippen molar-refractivity contribution in [1.82, 2.24) is 10.2 Å². The SMILES string of the molecule is C=C(C)C(C(=O)O)N1C(=O)C(NC(=O)Cc2cccs2)C1[S+]([O-])Cl. The van der Waals surface area contributed by atoms with Crippen LogP contribution in [0.15, 0.2) is 29.7 Å². The molecule has 24 heavy (non-hydrogen) atoms. The molecule has 130 valence electrons. The summed E-state index contributed by atoms with van der Waals surface area (Å²) in [5.74, 6) is -2.37. The number of rotatable bonds is 7. The van der Waals surface area contributed by atoms with Gasteiger partial charge in [0.1, 0.15) is 0 Å². The van der Waals surface area contributed by atoms with Gasteiger partial charge in [-0.1, -0.05) is 12.6 Å². The van der Waals surface area contributed by atoms with E-state index in [9.17, 15) is 24.0 Å². The topological polar surface area (TPSA) is 110 Å². The van der Waals surface area contributed by atoms with E-state index in [0.717, 1.165) is 9.78 Å². The number of hydrogen-bond donors (Lipinski definition) is 2. The molecular weight excluding hydrogens is 376 g/mol. The van der Waals surface area contributed by atoms with Crippen LogP contribution in [0.2, 0.25) is 0 Å². The van der Waals surface area contributed by atoms with Crippen LogP contribution in [0.3, 0.4) is 0 Å². The van der Waals surface area contributed by atoms with Gasteiger partial charge in [0.05, 0.1) is 16.8 Å². The molecule has 1 aliphatic heterocycles. The molecule has 2 amide bonds. The zero-order valence-electron chi connectivity index (χ0n) is 12.6. The van der Waals surface area contributed by atoms with Crippen molar-refractivity contribution >= 4 is 50.2 Å². The summed E-state index contributed by atoms with van der Waals surface area (Å²) in [6.07, 6.45) is 0.0753. The van der Waals surface area contributed by atoms with E-state index in [1.807, 2.05) is 5.38 Å². The van der Waals surface area contributed by atoms with Crippen molar-refractivity contribution < 1.29 is 24.0 Å². The second-order valence-corrected chi connectivity index (χ2v) is 8.20. The number of likely N-dealkylation sites (tertiary alicyclic amines) is 1. The molecule has 2 heterocycles. The van der Waals surface area contributed by atoms with Crippen LogP contribution in [0.5, 0.6) is 0 Å². The van der Waals surface area contributed by atoms with E-state index < -0.39 is 45.6 Å². The van der Waals surface area contributed by atoms with Gasteiger partial charge in [-0.15, -0.1) is 11.3 Å². The molecule has 4 atom stereocenters. The Labute approximate surface area is 150 Å². The Morgan fingerprint density at radius 3 is 2.75 bits per heavy atom. The highest BCUT2D eigenvalue weighted by Crippen LogP contribution is 2.32. The van der Waals surface area contributed by atoms with Gasteiger partial charge < -0.3 is 15.0 Å². The number of halogens is 1. The molecule has 1 fully saturated rings. The maximum absolute atomic E-state index is 12.3. The summed E-state index contributed by atoms with van der Waals surface area (Å²) in [5.41, 5.74) is 0.200. The zero-order valence-corrected chi connectivity index (χ0v) is 15.0. The molecule has 0 radical (unpaired) electrons. The Morgan fingerprint density at radius 1 is 1.62 bits per heavy atom. The zero-order chi connectivity index (χ0) is 18.0. The quantitative estimate of drug-likeness (QED) is 0.408. The van der Waals surface area contributed by atoms with Crippen LogP contribution in [0.4, 0.5) is 0 Å². The first-order valence-electron chi connectivity index (χ1n) is 6.83. The van der Waals surface area contributed by atoms with Gasteiger partial charge in [-0.2, -0.15) is 0 Å². The first-order valence-corrected chi connectivity index (χ1v) is 9.75. The Balaban J connectivity index is 2.11. The lowest BCUT2D eigenvalue weighted by Crippen LogP contribution is -2.75. The number of carboxylic acids is 1. The van der Waals surface area contributed by atoms with E-state index in [1.165, 1.54) is 18.3 Å². The molecule has 1 saturated heterocycles. The fraction of sp³-hybridized carbons (Fsp3) is 0.357. The molecule has 0 bridgehead atoms. The van der Waals surface area contributed by atoms with Crippen molar-refractivity contribution in [2.75, 3.05) is 0 Å². The first-order chi connectivity index (χ1) is 11.2. The van der Waals surface area contributed by atoms with Crippen LogP contribution in [0.1, 0.15) is 11.8 Å². The van der Waals surface area contributed by atoms with Crippen molar-refractivity contribution in [3.63, 3.8) is 0 Å². The molecule has 4 unspecified atom stereocenters. The minimum Gasteiger partial charge on any atom is -0.597 e. The average Bonchev–Trinajstić information content (AvgIpc) is 2.96. The summed E-state index contributed by atoms with van der Waals surface area (Å²) in [7, 11) is 3.57. The molecule has 1 aromatic rings. The average molecular weight is 391 g/mol. The third-order valence-corrected chi connectivity index (χ3v) is 5.78. The smallest absolute Gasteiger partial charge is 0.330 e. The molecule has 1 aliphatic rings. The van der Waals surface area contributed by atoms with Crippen molar-refractivity contribution in [3.05, 3.63) is 34.5 Å². The summed E-state index contributed by atoms with van der Waals surface area (Å²) in [4.78, 5) is 37.4. The number of carboxylic acid groups (broad SMARTS) is 1. The van der Waals surface area contributed by atoms with E-state index in [-0.39, 0.29) is 12.0 Å². The number of nitrogens with one attached hydrogen (secondary N) is 1. The fourth-order valence-corrected chi connectivity index (χ4v) is 4.53. The monoisotopic (exact) mass is 390 g/mol. The Kier molecular flexibility index (Phi) is 5.92. The molecule has 2 rings (SSSR count). The lowest BCUT2D eigenvalue weighted by atomic mass is 9.99. The van der Waals surface area contributed by atoms with Gasteiger partial charge in [-0.3, -0.25) is 14.5 Å². The third kappa shape index (κ3) is 3.75. The van der Waals surface area contributed by atoms with Crippen molar-refractivity contribution in [2.24, 2.45) is 0 Å². The molecular formula is C14H15ClN2O5S2. The van der Waals surface area contributed by atoms with Crippen molar-refractivity contribution in [2.45, 2.75) is 30.8 Å². The highest BCUT2D eigenvalue weighted by Gasteiger charge is 2.59. The highest BCUT2D eigenvalue weighted by atomic mass is 35.7. The minimum absolute atomic E-state index is 0.0753. The third-order valence-electron chi connectivity index (χ3n) is 3.48. The summed E-state index contributed by atoms with van der Waals surface area (Å²) in [6.45, 7) is 4.99. The van der Waals surface area contributed by atoms with Gasteiger partial charge in [0.2, 0.25) is 11.3 Å². The van der Waals surface area contributed by atoms with Crippen molar-refractivity contribution in [1.29, 1.82) is 0 Å². The number of β-lactam (4-membered cyclic amide) rings is 1. The largest absolute Gasteiger partial charge is 0.597 e. The summed E-state index contributed by atoms with van der Waals surface area (Å²) < 4.78 is 11.8. The maximum Gasteiger partial charge on any atom is 0.330 e. The second kappa shape index (κ2) is 7.56. The molecule has 1 aromatic heterocycles. The maximum atomic E-state index is 12.3. The van der Waals surface area contributed by atoms with Crippen LogP contribution >= 0.6 is 22.0 Å². The van der Waals surface area contributed by atoms with E-state index >= 15 is 0 Å². The van der Waals surface area contributed by atoms with E-state index in [0.29, 0.717) is 0 Å². The molecule has 0 aliphatic carbocycles. The normalized spacial score (nSPS) is 22.5. The van der Waals surface area contributed by atoms with Gasteiger partial charge in [-0.25, -0.2) is 4.79 Å². The van der Waals surface area contributed by atoms with Gasteiger partial charge in [0.25, 0.3) is 5.91 Å². The van der Waals surface area contributed by atoms with Crippen LogP contribution in [-0.2, 0) is 31.2 Å². The van der Waals surface area contributed by atoms with Gasteiger partial charge in [0.15, 0.2) is 22.8 Å². The summed E-state index contributed by atoms with van der Waals surface area (Å²) in [5, 5.41) is 12.4. The van der Waals surface area contributed by atoms with Crippen LogP contribution in [0.25, 0.3) is 0 Å². The predicted molar refractivity (Wildman–Crippen MR) is 90.8 cm³/mol. The van der Waals surface area contributed by atoms with Crippen molar-refractivity contribution in [3.8, 4) is 0 Å². The standard InChI is InChI=1S/C14H15ClN2O5S2/c1-7(2)11(14(20)21)17-12(19)10(13(17)24(15)22)16-9(18)6-8-4-3-5-23-8/h3-5,10-11,13H,1,6H2,2H3,(H,16,18)(H,20,21). The molecule has 7 nitrogen and oxygen atoms in total. The fourth-order valence-electron chi connectivity index (χ4n) is 2.45. The number of thiophene rings is 1. The second-order valence-electron chi connectivity index (χ2n) is 5.27. The lowest BCUT2D eigenvalue weighted by molar-refractivity contribution is -0.160. The Morgan fingerprint density at radius 2 is 2.29 bits per heavy atom. The molecule has 2 N–H and O–H groups in total. The van der Waals surface area contributed by atoms with E-state index in [1.54, 1.807) is 12.1 Å². The lowest BCUT2D eigenvalue weighted by Gasteiger charge is -2.46. The van der Waals surface area contributed by atoms with E-state index in [2.05, 4.69) is 11.9 Å². The Hall–Kier alpha value is -1.55. The summed E-state index contributed by atoms with van der Waals surface area (Å²) >= 11 is 1.39. The molecule has 0 spiro atoms. The number of carbonyl (C=O) groups excluding carboxylic acids is 2. The highest BCUT2D eigenvalue weighted by molar-refractivity contribution is 8.14. The molecule has 10 heteroatoms. The van der Waals surface area contributed by atoms with Crippen LogP contribution < -0.4 is 5.32 Å². The van der Waals surface area contributed by atoms with Gasteiger partial charge in [-0.05, 0) is 23.9 Å². The van der Waals surface area contributed by atoms with Crippen LogP contribution in [-0.4, -0.2) is 49.8 Å². The number of amides is 2. The summed E-state index contributed by atoms with van der Waals surface area (Å²) in [6, 6.07) is 1.12. The minimum atomic E-state index is -2.05. The van der Waals surface area contributed by atoms with Gasteiger partial charge in [0, 0.05) is 4.88 Å². The number of nitrogens with zero attached hydrogens (tertiary/aromatic N) is 1. The van der Waals surface area contributed by atoms with Crippen LogP contribution in [0, 0.1) is 0 Å². The number of aliphatic carboxylic acids is 1. The Bertz CT molecular complexity index is 650. The number of hydrogen-bond acceptors (Lipinski definition) is 5. The first kappa shape index (κ1) is 18.8. The molecule has 0 aromatic carbocycles. The number of carbonyl (C=O) groups is 3. The van der Waals surface area contributed by atoms with Gasteiger partial charge >= 0.3 is 5.97 Å². The predicted octanol–water partition coefficient (Wildman–Crippen LogP) is 0.876. The van der Waals surface area contributed by atoms with E-state index in [4.69, 9.17) is 10.7 Å².